The van der Waals surface area contributed by atoms with Gasteiger partial charge in [-0.3, -0.25) is 4.79 Å². The monoisotopic (exact) mass is 1770 g/mol. The van der Waals surface area contributed by atoms with Gasteiger partial charge in [-0.2, -0.15) is 0 Å². The van der Waals surface area contributed by atoms with Gasteiger partial charge in [-0.05, 0) is 188 Å². The van der Waals surface area contributed by atoms with Crippen LogP contribution in [-0.4, -0.2) is 293 Å². The van der Waals surface area contributed by atoms with E-state index < -0.39 is 39.1 Å². The van der Waals surface area contributed by atoms with Gasteiger partial charge < -0.3 is 87.8 Å². The van der Waals surface area contributed by atoms with Crippen LogP contribution in [0.2, 0.25) is 22.7 Å². The first-order valence-corrected chi connectivity index (χ1v) is 49.7. The molecule has 6 fully saturated rings. The summed E-state index contributed by atoms with van der Waals surface area (Å²) in [6.45, 7) is 56.9. The van der Waals surface area contributed by atoms with Crippen molar-refractivity contribution in [3.63, 3.8) is 0 Å². The van der Waals surface area contributed by atoms with Gasteiger partial charge in [0.25, 0.3) is 5.24 Å². The largest absolute Gasteiger partial charge is 0.447 e. The number of urea groups is 2. The third-order valence-corrected chi connectivity index (χ3v) is 25.9. The molecule has 8 amide bonds. The highest BCUT2D eigenvalue weighted by Gasteiger charge is 2.46. The average molecular weight is 1770 g/mol. The molecule has 0 aromatic heterocycles. The Morgan fingerprint density at radius 2 is 0.769 bits per heavy atom. The lowest BCUT2D eigenvalue weighted by Crippen LogP contribution is -2.52. The third kappa shape index (κ3) is 62.2. The second kappa shape index (κ2) is 65.1. The molecule has 6 aliphatic rings. The number of ether oxygens (including phenoxy) is 6. The molecule has 692 valence electrons. The summed E-state index contributed by atoms with van der Waals surface area (Å²) in [4.78, 5) is 113. The van der Waals surface area contributed by atoms with Crippen LogP contribution in [0.3, 0.4) is 0 Å². The van der Waals surface area contributed by atoms with E-state index in [9.17, 15) is 28.8 Å². The standard InChI is InChI=1S/C25H51N3O6Si2.C21H40N2O5SSi.C20H39N3O5Si.3C4H10O2.C2H6O2/c1-8-33-35-18(3)12-28(13-19(4)36-34-9-2)22(29)26-17-25(7)11-20(10-24(5,6)16-25)27-23(30)32-15-21-14-31-21;1-6-28-30-15(2)7-8-29-19(25)22-14-21(5)10-16(9-20(3,4)13-21)23-18(24)27-12-17-11-26-17;1-19(2)9-15(22-18(25)28-12-16-11-27-16)10-20(3,13-19)14-21-17(24)23(4)7-6-8-29-26-5;3*1-3-5-6-4-2;1-3-4-2/h18-21H,8-17,35-36H2,1-7H3,(H,26,29)(H,27,30);15-17H,6-14,30H2,1-5H3,(H,22,25)(H,23,24);15-16H,6-14,29H2,1-5H3,(H,21,24)(H,22,25);3*3-4H2,1-2H3;1-2H3. The van der Waals surface area contributed by atoms with Crippen LogP contribution in [0.4, 0.5) is 28.8 Å². The fraction of sp³-hybridized carbons (Fsp3) is 0.925. The SMILES string of the molecule is CCOOCC.CCOOCC.CCOOCC.CCO[SiH2]C(C)CCSC(=O)NCC1(C)CC(NC(=O)OCC2CO2)CC(C)(C)C1.CCO[SiH2]C(C)CN(CC(C)[SiH2]OCC)C(=O)NCC1(C)CC(NC(=O)OCC2CO2)CC(C)(C)C1.COOC.CO[SiH2]CCCN(C)C(=O)NCC1(C)CC(NC(=O)OCC2CO2)CC(C)(C)C1. The quantitative estimate of drug-likeness (QED) is 0.00823. The molecule has 12 unspecified atom stereocenters. The van der Waals surface area contributed by atoms with Crippen molar-refractivity contribution in [3.8, 4) is 0 Å². The summed E-state index contributed by atoms with van der Waals surface area (Å²) in [5.41, 5.74) is 1.31. The summed E-state index contributed by atoms with van der Waals surface area (Å²) >= 11 is 1.37. The number of thioether (sulfide) groups is 1. The van der Waals surface area contributed by atoms with E-state index in [0.29, 0.717) is 129 Å². The van der Waals surface area contributed by atoms with Crippen molar-refractivity contribution in [2.24, 2.45) is 32.5 Å². The number of nitrogens with one attached hydrogen (secondary N) is 6. The molecule has 0 aromatic rings. The summed E-state index contributed by atoms with van der Waals surface area (Å²) in [5.74, 6) is 0.829. The van der Waals surface area contributed by atoms with Crippen LogP contribution in [0.1, 0.15) is 216 Å². The van der Waals surface area contributed by atoms with E-state index in [1.807, 2.05) is 74.3 Å². The minimum atomic E-state index is -0.674. The molecule has 32 nitrogen and oxygen atoms in total. The Bertz CT molecular complexity index is 2540. The molecule has 3 saturated heterocycles. The zero-order valence-corrected chi connectivity index (χ0v) is 83.6. The molecule has 37 heteroatoms. The lowest BCUT2D eigenvalue weighted by Gasteiger charge is -2.47. The number of carbonyl (C=O) groups excluding carboxylic acids is 6. The Morgan fingerprint density at radius 1 is 0.453 bits per heavy atom. The second-order valence-corrected chi connectivity index (χ2v) is 43.7. The molecule has 0 bridgehead atoms. The summed E-state index contributed by atoms with van der Waals surface area (Å²) < 4.78 is 53.2. The van der Waals surface area contributed by atoms with Gasteiger partial charge in [0, 0.05) is 97.1 Å². The summed E-state index contributed by atoms with van der Waals surface area (Å²) in [5, 5.41) is 18.6. The number of hydrogen-bond donors (Lipinski definition) is 6. The van der Waals surface area contributed by atoms with E-state index in [0.717, 1.165) is 109 Å². The highest BCUT2D eigenvalue weighted by atomic mass is 32.2. The molecule has 12 atom stereocenters. The van der Waals surface area contributed by atoms with Crippen molar-refractivity contribution in [2.45, 2.75) is 275 Å². The topological polar surface area (TPSA) is 357 Å². The van der Waals surface area contributed by atoms with Crippen molar-refractivity contribution in [2.75, 3.05) is 173 Å². The first-order chi connectivity index (χ1) is 55.3. The highest BCUT2D eigenvalue weighted by Crippen LogP contribution is 2.48. The maximum Gasteiger partial charge on any atom is 0.407 e. The van der Waals surface area contributed by atoms with E-state index in [4.69, 9.17) is 46.1 Å². The van der Waals surface area contributed by atoms with Crippen LogP contribution in [-0.2, 0) is 85.2 Å². The zero-order chi connectivity index (χ0) is 88.4. The van der Waals surface area contributed by atoms with Gasteiger partial charge in [0.15, 0.2) is 39.1 Å². The van der Waals surface area contributed by atoms with E-state index in [2.05, 4.69) is 154 Å². The van der Waals surface area contributed by atoms with Crippen molar-refractivity contribution in [1.29, 1.82) is 0 Å². The van der Waals surface area contributed by atoms with Crippen LogP contribution in [0, 0.1) is 32.5 Å². The maximum atomic E-state index is 13.4. The molecule has 117 heavy (non-hydrogen) atoms. The minimum Gasteiger partial charge on any atom is -0.447 e. The van der Waals surface area contributed by atoms with E-state index in [1.54, 1.807) is 12.0 Å². The summed E-state index contributed by atoms with van der Waals surface area (Å²) in [6, 6.07) is 1.11. The molecular weight excluding hydrogens is 1600 g/mol. The number of epoxide rings is 3. The van der Waals surface area contributed by atoms with E-state index in [-0.39, 0.29) is 105 Å². The van der Waals surface area contributed by atoms with Crippen LogP contribution < -0.4 is 31.9 Å². The molecule has 6 N–H and O–H groups in total. The van der Waals surface area contributed by atoms with Crippen molar-refractivity contribution < 1.29 is 114 Å². The summed E-state index contributed by atoms with van der Waals surface area (Å²) in [7, 11) is 4.25. The van der Waals surface area contributed by atoms with Gasteiger partial charge in [-0.1, -0.05) is 94.8 Å². The lowest BCUT2D eigenvalue weighted by molar-refractivity contribution is -0.287. The molecule has 3 heterocycles. The number of nitrogens with zero attached hydrogens (tertiary/aromatic N) is 2. The van der Waals surface area contributed by atoms with Crippen LogP contribution >= 0.6 is 11.8 Å². The van der Waals surface area contributed by atoms with Gasteiger partial charge in [0.1, 0.15) is 38.1 Å². The highest BCUT2D eigenvalue weighted by molar-refractivity contribution is 8.13. The second-order valence-electron chi connectivity index (χ2n) is 34.6. The first-order valence-electron chi connectivity index (χ1n) is 42.9. The fourth-order valence-corrected chi connectivity index (χ4v) is 20.1. The van der Waals surface area contributed by atoms with Crippen LogP contribution in [0.5, 0.6) is 0 Å². The van der Waals surface area contributed by atoms with Crippen molar-refractivity contribution in [3.05, 3.63) is 0 Å². The van der Waals surface area contributed by atoms with Gasteiger partial charge in [0.05, 0.1) is 73.7 Å². The Kier molecular flexibility index (Phi) is 63.1. The van der Waals surface area contributed by atoms with Crippen LogP contribution in [0.25, 0.3) is 0 Å². The molecule has 3 aliphatic heterocycles. The Balaban J connectivity index is 0.00000153. The zero-order valence-electron chi connectivity index (χ0n) is 77.2. The predicted molar refractivity (Wildman–Crippen MR) is 470 cm³/mol. The molecule has 3 aliphatic carbocycles. The predicted octanol–water partition coefficient (Wildman–Crippen LogP) is 11.0. The van der Waals surface area contributed by atoms with Crippen molar-refractivity contribution >= 4 is 86.4 Å². The third-order valence-electron chi connectivity index (χ3n) is 19.3. The van der Waals surface area contributed by atoms with Gasteiger partial charge >= 0.3 is 30.3 Å². The van der Waals surface area contributed by atoms with Gasteiger partial charge in [-0.15, -0.1) is 0 Å². The molecular formula is C80H166N8O24SSi4. The average Bonchev–Trinajstić information content (AvgIpc) is 1.69. The fourth-order valence-electron chi connectivity index (χ4n) is 15.1. The molecule has 0 radical (unpaired) electrons. The van der Waals surface area contributed by atoms with Gasteiger partial charge in [-0.25, -0.2) is 63.1 Å². The Morgan fingerprint density at radius 3 is 1.07 bits per heavy atom. The van der Waals surface area contributed by atoms with Crippen molar-refractivity contribution in [1.82, 2.24) is 41.7 Å². The van der Waals surface area contributed by atoms with Gasteiger partial charge in [0.2, 0.25) is 0 Å². The molecule has 0 aromatic carbocycles. The molecule has 0 spiro atoms. The Hall–Kier alpha value is -3.56. The van der Waals surface area contributed by atoms with E-state index in [1.165, 1.54) is 26.0 Å². The van der Waals surface area contributed by atoms with Crippen LogP contribution in [0.15, 0.2) is 0 Å². The summed E-state index contributed by atoms with van der Waals surface area (Å²) in [6.07, 6.45) is 9.16. The lowest BCUT2D eigenvalue weighted by atomic mass is 9.62. The minimum absolute atomic E-state index is 0.00815. The first kappa shape index (κ1) is 113. The number of amides is 8. The maximum absolute atomic E-state index is 13.4. The normalized spacial score (nSPS) is 24.4. The number of alkyl carbamates (subject to hydrolysis) is 3. The number of carbonyl (C=O) groups is 6. The molecule has 3 saturated carbocycles. The smallest absolute Gasteiger partial charge is 0.407 e. The Labute approximate surface area is 718 Å². The van der Waals surface area contributed by atoms with E-state index >= 15 is 0 Å². The number of rotatable bonds is 46. The number of hydrogen-bond acceptors (Lipinski definition) is 25. The molecule has 6 rings (SSSR count).